The van der Waals surface area contributed by atoms with Gasteiger partial charge in [0.1, 0.15) is 5.84 Å². The van der Waals surface area contributed by atoms with Gasteiger partial charge < -0.3 is 16.3 Å². The molecule has 0 saturated heterocycles. The molecule has 0 radical (unpaired) electrons. The van der Waals surface area contributed by atoms with Crippen LogP contribution in [-0.2, 0) is 0 Å². The standard InChI is InChI=1S/C14H30N4O/c1-4-18(12-6-7-12)11-10-16-9-5-8-14(2,3)13(15)17-19/h12,16,19H,4-11H2,1-3H3,(H2,15,17). The maximum absolute atomic E-state index is 8.70. The second-order valence-corrected chi connectivity index (χ2v) is 6.08. The Kier molecular flexibility index (Phi) is 6.58. The molecule has 0 spiro atoms. The van der Waals surface area contributed by atoms with Crippen LogP contribution in [0.25, 0.3) is 0 Å². The molecule has 5 heteroatoms. The van der Waals surface area contributed by atoms with Gasteiger partial charge in [0.25, 0.3) is 0 Å². The van der Waals surface area contributed by atoms with E-state index in [2.05, 4.69) is 22.3 Å². The number of nitrogens with two attached hydrogens (primary N) is 1. The molecule has 0 aromatic rings. The van der Waals surface area contributed by atoms with Crippen LogP contribution in [0.3, 0.4) is 0 Å². The van der Waals surface area contributed by atoms with Crippen molar-refractivity contribution in [1.82, 2.24) is 10.2 Å². The predicted molar refractivity (Wildman–Crippen MR) is 79.6 cm³/mol. The van der Waals surface area contributed by atoms with Gasteiger partial charge in [-0.25, -0.2) is 0 Å². The number of nitrogens with zero attached hydrogens (tertiary/aromatic N) is 2. The van der Waals surface area contributed by atoms with Crippen molar-refractivity contribution in [3.05, 3.63) is 0 Å². The molecule has 1 aliphatic carbocycles. The van der Waals surface area contributed by atoms with Gasteiger partial charge in [-0.1, -0.05) is 25.9 Å². The van der Waals surface area contributed by atoms with Gasteiger partial charge in [0.05, 0.1) is 0 Å². The van der Waals surface area contributed by atoms with Crippen LogP contribution in [0.5, 0.6) is 0 Å². The van der Waals surface area contributed by atoms with Gasteiger partial charge in [-0.05, 0) is 38.8 Å². The third kappa shape index (κ3) is 5.78. The van der Waals surface area contributed by atoms with E-state index in [-0.39, 0.29) is 5.41 Å². The molecule has 0 heterocycles. The topological polar surface area (TPSA) is 73.9 Å². The maximum atomic E-state index is 8.70. The first-order valence-corrected chi connectivity index (χ1v) is 7.44. The normalized spacial score (nSPS) is 17.2. The molecule has 4 N–H and O–H groups in total. The molecule has 19 heavy (non-hydrogen) atoms. The van der Waals surface area contributed by atoms with E-state index in [1.807, 2.05) is 13.8 Å². The summed E-state index contributed by atoms with van der Waals surface area (Å²) in [6, 6.07) is 0.853. The zero-order valence-electron chi connectivity index (χ0n) is 12.7. The number of hydrogen-bond donors (Lipinski definition) is 3. The fourth-order valence-corrected chi connectivity index (χ4v) is 2.30. The maximum Gasteiger partial charge on any atom is 0.144 e. The molecule has 0 unspecified atom stereocenters. The number of likely N-dealkylation sites (N-methyl/N-ethyl adjacent to an activating group) is 1. The van der Waals surface area contributed by atoms with Gasteiger partial charge in [0.2, 0.25) is 0 Å². The average molecular weight is 270 g/mol. The SMILES string of the molecule is CCN(CCNCCCC(C)(C)C(N)=NO)C1CC1. The summed E-state index contributed by atoms with van der Waals surface area (Å²) in [5.41, 5.74) is 5.44. The largest absolute Gasteiger partial charge is 0.409 e. The number of oxime groups is 1. The molecule has 0 aromatic carbocycles. The van der Waals surface area contributed by atoms with E-state index in [4.69, 9.17) is 10.9 Å². The van der Waals surface area contributed by atoms with Crippen molar-refractivity contribution in [2.75, 3.05) is 26.2 Å². The first kappa shape index (κ1) is 16.2. The minimum Gasteiger partial charge on any atom is -0.409 e. The molecule has 1 aliphatic rings. The van der Waals surface area contributed by atoms with E-state index in [0.717, 1.165) is 45.1 Å². The summed E-state index contributed by atoms with van der Waals surface area (Å²) in [5, 5.41) is 15.3. The van der Waals surface area contributed by atoms with Crippen molar-refractivity contribution in [3.63, 3.8) is 0 Å². The van der Waals surface area contributed by atoms with Gasteiger partial charge in [0.15, 0.2) is 0 Å². The van der Waals surface area contributed by atoms with Crippen LogP contribution in [0, 0.1) is 5.41 Å². The van der Waals surface area contributed by atoms with Crippen LogP contribution in [0.2, 0.25) is 0 Å². The molecule has 0 atom stereocenters. The molecule has 1 saturated carbocycles. The molecule has 1 fully saturated rings. The van der Waals surface area contributed by atoms with Crippen LogP contribution in [0.4, 0.5) is 0 Å². The van der Waals surface area contributed by atoms with E-state index >= 15 is 0 Å². The van der Waals surface area contributed by atoms with E-state index in [0.29, 0.717) is 5.84 Å². The third-order valence-electron chi connectivity index (χ3n) is 4.00. The van der Waals surface area contributed by atoms with E-state index in [1.165, 1.54) is 12.8 Å². The Morgan fingerprint density at radius 3 is 2.63 bits per heavy atom. The van der Waals surface area contributed by atoms with Crippen LogP contribution in [-0.4, -0.2) is 48.2 Å². The van der Waals surface area contributed by atoms with Crippen molar-refractivity contribution in [1.29, 1.82) is 0 Å². The van der Waals surface area contributed by atoms with E-state index < -0.39 is 0 Å². The Morgan fingerprint density at radius 1 is 1.42 bits per heavy atom. The third-order valence-corrected chi connectivity index (χ3v) is 4.00. The fraction of sp³-hybridized carbons (Fsp3) is 0.929. The second kappa shape index (κ2) is 7.70. The molecular formula is C14H30N4O. The average Bonchev–Trinajstić information content (AvgIpc) is 3.21. The summed E-state index contributed by atoms with van der Waals surface area (Å²) < 4.78 is 0. The van der Waals surface area contributed by atoms with E-state index in [1.54, 1.807) is 0 Å². The highest BCUT2D eigenvalue weighted by Crippen LogP contribution is 2.25. The van der Waals surface area contributed by atoms with Gasteiger partial charge in [0, 0.05) is 24.5 Å². The highest BCUT2D eigenvalue weighted by atomic mass is 16.4. The summed E-state index contributed by atoms with van der Waals surface area (Å²) in [5.74, 6) is 0.318. The smallest absolute Gasteiger partial charge is 0.144 e. The highest BCUT2D eigenvalue weighted by molar-refractivity contribution is 5.85. The Balaban J connectivity index is 2.04. The summed E-state index contributed by atoms with van der Waals surface area (Å²) >= 11 is 0. The van der Waals surface area contributed by atoms with Crippen LogP contribution >= 0.6 is 0 Å². The van der Waals surface area contributed by atoms with Crippen LogP contribution in [0.1, 0.15) is 46.5 Å². The number of amidine groups is 1. The number of nitrogens with one attached hydrogen (secondary N) is 1. The fourth-order valence-electron chi connectivity index (χ4n) is 2.30. The van der Waals surface area contributed by atoms with Crippen molar-refractivity contribution in [2.45, 2.75) is 52.5 Å². The summed E-state index contributed by atoms with van der Waals surface area (Å²) in [6.45, 7) is 10.6. The molecule has 5 nitrogen and oxygen atoms in total. The molecule has 0 aromatic heterocycles. The first-order chi connectivity index (χ1) is 9.01. The van der Waals surface area contributed by atoms with Crippen molar-refractivity contribution in [2.24, 2.45) is 16.3 Å². The lowest BCUT2D eigenvalue weighted by Crippen LogP contribution is -2.35. The van der Waals surface area contributed by atoms with Crippen LogP contribution in [0.15, 0.2) is 5.16 Å². The molecule has 0 bridgehead atoms. The van der Waals surface area contributed by atoms with Gasteiger partial charge >= 0.3 is 0 Å². The lowest BCUT2D eigenvalue weighted by molar-refractivity contribution is 0.276. The lowest BCUT2D eigenvalue weighted by atomic mass is 9.86. The second-order valence-electron chi connectivity index (χ2n) is 6.08. The Hall–Kier alpha value is -0.810. The van der Waals surface area contributed by atoms with Crippen molar-refractivity contribution >= 4 is 5.84 Å². The summed E-state index contributed by atoms with van der Waals surface area (Å²) in [4.78, 5) is 2.55. The summed E-state index contributed by atoms with van der Waals surface area (Å²) in [7, 11) is 0. The van der Waals surface area contributed by atoms with Crippen molar-refractivity contribution < 1.29 is 5.21 Å². The van der Waals surface area contributed by atoms with Gasteiger partial charge in [-0.15, -0.1) is 0 Å². The van der Waals surface area contributed by atoms with Crippen LogP contribution < -0.4 is 11.1 Å². The monoisotopic (exact) mass is 270 g/mol. The first-order valence-electron chi connectivity index (χ1n) is 7.44. The molecule has 0 aliphatic heterocycles. The van der Waals surface area contributed by atoms with E-state index in [9.17, 15) is 0 Å². The van der Waals surface area contributed by atoms with Gasteiger partial charge in [-0.2, -0.15) is 0 Å². The zero-order chi connectivity index (χ0) is 14.3. The highest BCUT2D eigenvalue weighted by Gasteiger charge is 2.27. The Bertz CT molecular complexity index is 287. The minimum absolute atomic E-state index is 0.222. The molecule has 1 rings (SSSR count). The number of hydrogen-bond acceptors (Lipinski definition) is 4. The Labute approximate surface area is 117 Å². The van der Waals surface area contributed by atoms with Crippen molar-refractivity contribution in [3.8, 4) is 0 Å². The Morgan fingerprint density at radius 2 is 2.11 bits per heavy atom. The van der Waals surface area contributed by atoms with Gasteiger partial charge in [-0.3, -0.25) is 4.90 Å². The predicted octanol–water partition coefficient (Wildman–Crippen LogP) is 1.61. The molecular weight excluding hydrogens is 240 g/mol. The summed E-state index contributed by atoms with van der Waals surface area (Å²) in [6.07, 6.45) is 4.72. The zero-order valence-corrected chi connectivity index (χ0v) is 12.7. The lowest BCUT2D eigenvalue weighted by Gasteiger charge is -2.23. The molecule has 112 valence electrons. The minimum atomic E-state index is -0.222. The molecule has 0 amide bonds. The number of rotatable bonds is 10. The quantitative estimate of drug-likeness (QED) is 0.185.